The topological polar surface area (TPSA) is 93.1 Å². The summed E-state index contributed by atoms with van der Waals surface area (Å²) in [6.45, 7) is 6.72. The molecule has 3 N–H and O–H groups in total. The van der Waals surface area contributed by atoms with Gasteiger partial charge in [0, 0.05) is 41.7 Å². The van der Waals surface area contributed by atoms with Crippen LogP contribution in [-0.2, 0) is 9.59 Å². The van der Waals surface area contributed by atoms with Crippen molar-refractivity contribution in [2.45, 2.75) is 63.0 Å². The van der Waals surface area contributed by atoms with Crippen LogP contribution in [0, 0.1) is 17.8 Å². The Bertz CT molecular complexity index is 698. The highest BCUT2D eigenvalue weighted by Gasteiger charge is 2.60. The number of hydrogen-bond donors (Lipinski definition) is 3. The SMILES string of the molecule is CN[C@H]1CC[C@H](CN2CC(SC3=C(C(=O)O)N4C(=O)[C@H]([C@@H](C)O)[C@H]4[C@H]3C)C2)CC1. The Balaban J connectivity index is 1.33. The van der Waals surface area contributed by atoms with E-state index >= 15 is 0 Å². The Morgan fingerprint density at radius 1 is 1.28 bits per heavy atom. The first-order valence-electron chi connectivity index (χ1n) is 10.9. The summed E-state index contributed by atoms with van der Waals surface area (Å²) in [5.74, 6) is -1.03. The second kappa shape index (κ2) is 8.21. The number of thioether (sulfide) groups is 1. The number of fused-ring (bicyclic) bond motifs is 1. The largest absolute Gasteiger partial charge is 0.477 e. The lowest BCUT2D eigenvalue weighted by Gasteiger charge is -2.46. The molecular weight excluding hydrogens is 390 g/mol. The zero-order valence-electron chi connectivity index (χ0n) is 17.5. The summed E-state index contributed by atoms with van der Waals surface area (Å²) in [5, 5.41) is 23.5. The number of aliphatic hydroxyl groups is 1. The molecule has 0 bridgehead atoms. The highest BCUT2D eigenvalue weighted by atomic mass is 32.2. The van der Waals surface area contributed by atoms with E-state index in [-0.39, 0.29) is 23.6 Å². The summed E-state index contributed by atoms with van der Waals surface area (Å²) in [6, 6.07) is 0.462. The molecule has 4 aliphatic rings. The summed E-state index contributed by atoms with van der Waals surface area (Å²) in [4.78, 5) is 29.0. The predicted molar refractivity (Wildman–Crippen MR) is 112 cm³/mol. The minimum Gasteiger partial charge on any atom is -0.477 e. The average molecular weight is 424 g/mol. The van der Waals surface area contributed by atoms with E-state index < -0.39 is 18.0 Å². The van der Waals surface area contributed by atoms with Gasteiger partial charge in [-0.05, 0) is 45.6 Å². The Morgan fingerprint density at radius 2 is 1.93 bits per heavy atom. The first kappa shape index (κ1) is 21.2. The fourth-order valence-corrected chi connectivity index (χ4v) is 7.18. The number of carbonyl (C=O) groups excluding carboxylic acids is 1. The molecule has 8 heteroatoms. The number of amides is 1. The van der Waals surface area contributed by atoms with Crippen molar-refractivity contribution in [3.8, 4) is 0 Å². The van der Waals surface area contributed by atoms with E-state index in [9.17, 15) is 19.8 Å². The van der Waals surface area contributed by atoms with E-state index in [1.54, 1.807) is 18.7 Å². The van der Waals surface area contributed by atoms with Crippen LogP contribution in [0.4, 0.5) is 0 Å². The fourth-order valence-electron chi connectivity index (χ4n) is 5.60. The molecule has 0 aromatic carbocycles. The summed E-state index contributed by atoms with van der Waals surface area (Å²) < 4.78 is 0. The molecule has 3 fully saturated rings. The molecule has 7 nitrogen and oxygen atoms in total. The minimum absolute atomic E-state index is 0.0331. The molecule has 1 amide bonds. The monoisotopic (exact) mass is 423 g/mol. The van der Waals surface area contributed by atoms with Crippen LogP contribution in [0.5, 0.6) is 0 Å². The van der Waals surface area contributed by atoms with Gasteiger partial charge in [0.15, 0.2) is 0 Å². The second-order valence-corrected chi connectivity index (χ2v) is 10.6. The van der Waals surface area contributed by atoms with Gasteiger partial charge >= 0.3 is 5.97 Å². The summed E-state index contributed by atoms with van der Waals surface area (Å²) in [5.41, 5.74) is 0.151. The van der Waals surface area contributed by atoms with Crippen LogP contribution in [-0.4, -0.2) is 82.0 Å². The van der Waals surface area contributed by atoms with E-state index in [4.69, 9.17) is 0 Å². The molecule has 3 heterocycles. The van der Waals surface area contributed by atoms with Gasteiger partial charge in [-0.2, -0.15) is 0 Å². The summed E-state index contributed by atoms with van der Waals surface area (Å²) in [7, 11) is 2.05. The van der Waals surface area contributed by atoms with Gasteiger partial charge in [0.25, 0.3) is 0 Å². The van der Waals surface area contributed by atoms with E-state index in [2.05, 4.69) is 10.2 Å². The molecule has 0 aromatic heterocycles. The number of β-lactam (4-membered cyclic amide) rings is 1. The Kier molecular flexibility index (Phi) is 5.99. The normalized spacial score (nSPS) is 36.6. The van der Waals surface area contributed by atoms with Gasteiger partial charge in [-0.25, -0.2) is 4.79 Å². The number of nitrogens with one attached hydrogen (secondary N) is 1. The maximum atomic E-state index is 12.4. The first-order chi connectivity index (χ1) is 13.8. The zero-order chi connectivity index (χ0) is 20.9. The van der Waals surface area contributed by atoms with Crippen molar-refractivity contribution in [3.63, 3.8) is 0 Å². The number of carboxylic acid groups (broad SMARTS) is 1. The molecule has 0 unspecified atom stereocenters. The Labute approximate surface area is 176 Å². The molecular formula is C21H33N3O4S. The van der Waals surface area contributed by atoms with Crippen LogP contribution in [0.15, 0.2) is 10.6 Å². The van der Waals surface area contributed by atoms with E-state index in [0.29, 0.717) is 11.3 Å². The predicted octanol–water partition coefficient (Wildman–Crippen LogP) is 1.34. The number of likely N-dealkylation sites (tertiary alicyclic amines) is 1. The highest BCUT2D eigenvalue weighted by molar-refractivity contribution is 8.03. The molecule has 29 heavy (non-hydrogen) atoms. The third kappa shape index (κ3) is 3.73. The lowest BCUT2D eigenvalue weighted by atomic mass is 9.79. The Morgan fingerprint density at radius 3 is 2.48 bits per heavy atom. The lowest BCUT2D eigenvalue weighted by Crippen LogP contribution is -2.63. The maximum absolute atomic E-state index is 12.4. The number of aliphatic hydroxyl groups excluding tert-OH is 1. The third-order valence-electron chi connectivity index (χ3n) is 7.30. The van der Waals surface area contributed by atoms with Gasteiger partial charge in [0.2, 0.25) is 5.91 Å². The molecule has 1 aliphatic carbocycles. The second-order valence-electron chi connectivity index (χ2n) is 9.24. The lowest BCUT2D eigenvalue weighted by molar-refractivity contribution is -0.163. The number of carbonyl (C=O) groups is 2. The average Bonchev–Trinajstić information content (AvgIpc) is 2.89. The minimum atomic E-state index is -1.03. The standard InChI is InChI=1S/C21H33N3O4S/c1-11-17-16(12(2)25)20(26)24(17)18(21(27)28)19(11)29-15-9-23(10-15)8-13-4-6-14(22-3)7-5-13/h11-17,22,25H,4-10H2,1-3H3,(H,27,28)/t11-,12-,13-,14-,16-,17-/m1/s1. The van der Waals surface area contributed by atoms with Crippen molar-refractivity contribution in [1.29, 1.82) is 0 Å². The molecule has 0 spiro atoms. The molecule has 0 aromatic rings. The van der Waals surface area contributed by atoms with Gasteiger partial charge in [0.05, 0.1) is 18.1 Å². The molecule has 4 atom stereocenters. The molecule has 2 saturated heterocycles. The Hall–Kier alpha value is -1.09. The van der Waals surface area contributed by atoms with Crippen molar-refractivity contribution in [2.24, 2.45) is 17.8 Å². The third-order valence-corrected chi connectivity index (χ3v) is 8.75. The van der Waals surface area contributed by atoms with Crippen LogP contribution in [0.3, 0.4) is 0 Å². The van der Waals surface area contributed by atoms with E-state index in [0.717, 1.165) is 30.5 Å². The maximum Gasteiger partial charge on any atom is 0.353 e. The van der Waals surface area contributed by atoms with Crippen LogP contribution in [0.2, 0.25) is 0 Å². The number of aliphatic carboxylic acids is 1. The van der Waals surface area contributed by atoms with Crippen LogP contribution in [0.1, 0.15) is 39.5 Å². The zero-order valence-corrected chi connectivity index (χ0v) is 18.3. The van der Waals surface area contributed by atoms with Crippen molar-refractivity contribution in [3.05, 3.63) is 10.6 Å². The first-order valence-corrected chi connectivity index (χ1v) is 11.7. The summed E-state index contributed by atoms with van der Waals surface area (Å²) in [6.07, 6.45) is 4.34. The fraction of sp³-hybridized carbons (Fsp3) is 0.810. The number of rotatable bonds is 7. The van der Waals surface area contributed by atoms with Gasteiger partial charge < -0.3 is 25.3 Å². The molecule has 0 radical (unpaired) electrons. The van der Waals surface area contributed by atoms with E-state index in [1.807, 2.05) is 14.0 Å². The molecule has 162 valence electrons. The quantitative estimate of drug-likeness (QED) is 0.532. The molecule has 3 aliphatic heterocycles. The van der Waals surface area contributed by atoms with Crippen molar-refractivity contribution in [1.82, 2.24) is 15.1 Å². The number of nitrogens with zero attached hydrogens (tertiary/aromatic N) is 2. The molecule has 1 saturated carbocycles. The van der Waals surface area contributed by atoms with Gasteiger partial charge in [-0.3, -0.25) is 4.79 Å². The van der Waals surface area contributed by atoms with Crippen molar-refractivity contribution in [2.75, 3.05) is 26.7 Å². The smallest absolute Gasteiger partial charge is 0.353 e. The van der Waals surface area contributed by atoms with Gasteiger partial charge in [-0.1, -0.05) is 6.92 Å². The van der Waals surface area contributed by atoms with Crippen molar-refractivity contribution >= 4 is 23.6 Å². The van der Waals surface area contributed by atoms with Crippen LogP contribution in [0.25, 0.3) is 0 Å². The molecule has 4 rings (SSSR count). The van der Waals surface area contributed by atoms with Crippen LogP contribution < -0.4 is 5.32 Å². The van der Waals surface area contributed by atoms with Gasteiger partial charge in [0.1, 0.15) is 5.70 Å². The van der Waals surface area contributed by atoms with Crippen LogP contribution >= 0.6 is 11.8 Å². The number of hydrogen-bond acceptors (Lipinski definition) is 6. The summed E-state index contributed by atoms with van der Waals surface area (Å²) >= 11 is 1.64. The van der Waals surface area contributed by atoms with Gasteiger partial charge in [-0.15, -0.1) is 11.8 Å². The van der Waals surface area contributed by atoms with E-state index in [1.165, 1.54) is 30.6 Å². The highest BCUT2D eigenvalue weighted by Crippen LogP contribution is 2.52. The number of carboxylic acids is 1. The van der Waals surface area contributed by atoms with Crippen molar-refractivity contribution < 1.29 is 19.8 Å².